The van der Waals surface area contributed by atoms with Gasteiger partial charge in [-0.15, -0.1) is 0 Å². The average Bonchev–Trinajstić information content (AvgIpc) is 2.87. The largest absolute Gasteiger partial charge is 0.490 e. The Morgan fingerprint density at radius 3 is 2.68 bits per heavy atom. The van der Waals surface area contributed by atoms with E-state index in [9.17, 15) is 0 Å². The number of hydrogen-bond acceptors (Lipinski definition) is 3. The van der Waals surface area contributed by atoms with Gasteiger partial charge in [-0.25, -0.2) is 0 Å². The van der Waals surface area contributed by atoms with Crippen LogP contribution in [0.25, 0.3) is 0 Å². The number of nitrogens with zero attached hydrogens (tertiary/aromatic N) is 1. The van der Waals surface area contributed by atoms with Crippen LogP contribution < -0.4 is 20.1 Å². The molecule has 1 heterocycles. The van der Waals surface area contributed by atoms with E-state index in [4.69, 9.17) is 9.47 Å². The van der Waals surface area contributed by atoms with E-state index < -0.39 is 0 Å². The number of hydrogen-bond donors (Lipinski definition) is 2. The number of aryl methyl sites for hydroxylation is 1. The molecule has 5 nitrogen and oxygen atoms in total. The minimum Gasteiger partial charge on any atom is -0.490 e. The summed E-state index contributed by atoms with van der Waals surface area (Å²) in [6, 6.07) is 14.3. The van der Waals surface area contributed by atoms with Gasteiger partial charge < -0.3 is 20.1 Å². The molecule has 0 atom stereocenters. The molecule has 1 aliphatic heterocycles. The molecule has 2 aromatic rings. The predicted molar refractivity (Wildman–Crippen MR) is 102 cm³/mol. The third kappa shape index (κ3) is 4.66. The van der Waals surface area contributed by atoms with Crippen LogP contribution in [0.4, 0.5) is 5.69 Å². The van der Waals surface area contributed by atoms with Crippen molar-refractivity contribution in [3.05, 3.63) is 53.6 Å². The molecule has 0 saturated carbocycles. The van der Waals surface area contributed by atoms with Gasteiger partial charge in [-0.1, -0.05) is 24.3 Å². The number of fused-ring (bicyclic) bond motifs is 1. The van der Waals surface area contributed by atoms with Gasteiger partial charge in [0.1, 0.15) is 0 Å². The molecule has 0 bridgehead atoms. The summed E-state index contributed by atoms with van der Waals surface area (Å²) in [5.74, 6) is 2.31. The molecule has 0 amide bonds. The van der Waals surface area contributed by atoms with Crippen molar-refractivity contribution in [2.24, 2.45) is 4.99 Å². The van der Waals surface area contributed by atoms with Crippen LogP contribution in [0.5, 0.6) is 11.5 Å². The maximum absolute atomic E-state index is 5.73. The summed E-state index contributed by atoms with van der Waals surface area (Å²) in [7, 11) is 1.77. The predicted octanol–water partition coefficient (Wildman–Crippen LogP) is 3.39. The number of benzene rings is 2. The summed E-state index contributed by atoms with van der Waals surface area (Å²) in [6.07, 6.45) is 1.86. The zero-order valence-corrected chi connectivity index (χ0v) is 14.8. The zero-order chi connectivity index (χ0) is 17.5. The number of anilines is 1. The lowest BCUT2D eigenvalue weighted by molar-refractivity contribution is 0.297. The van der Waals surface area contributed by atoms with Crippen LogP contribution in [0.1, 0.15) is 17.5 Å². The number of nitrogens with one attached hydrogen (secondary N) is 2. The minimum atomic E-state index is 0.680. The van der Waals surface area contributed by atoms with Crippen LogP contribution in [-0.2, 0) is 6.42 Å². The molecule has 25 heavy (non-hydrogen) atoms. The van der Waals surface area contributed by atoms with E-state index in [1.165, 1.54) is 11.1 Å². The molecule has 0 unspecified atom stereocenters. The monoisotopic (exact) mass is 339 g/mol. The summed E-state index contributed by atoms with van der Waals surface area (Å²) in [4.78, 5) is 4.29. The summed E-state index contributed by atoms with van der Waals surface area (Å²) < 4.78 is 11.4. The second-order valence-corrected chi connectivity index (χ2v) is 6.01. The van der Waals surface area contributed by atoms with Crippen LogP contribution >= 0.6 is 0 Å². The molecular formula is C20H25N3O2. The molecule has 1 aliphatic rings. The zero-order valence-electron chi connectivity index (χ0n) is 14.8. The van der Waals surface area contributed by atoms with Crippen molar-refractivity contribution in [3.8, 4) is 11.5 Å². The van der Waals surface area contributed by atoms with Crippen LogP contribution in [-0.4, -0.2) is 32.8 Å². The van der Waals surface area contributed by atoms with Gasteiger partial charge in [-0.05, 0) is 36.6 Å². The molecule has 132 valence electrons. The quantitative estimate of drug-likeness (QED) is 0.662. The minimum absolute atomic E-state index is 0.680. The van der Waals surface area contributed by atoms with Gasteiger partial charge in [0.2, 0.25) is 0 Å². The number of aliphatic imine (C=N–C) groups is 1. The first-order valence-electron chi connectivity index (χ1n) is 8.68. The highest BCUT2D eigenvalue weighted by Gasteiger charge is 2.11. The Kier molecular flexibility index (Phi) is 5.77. The Labute approximate surface area is 149 Å². The molecule has 0 aliphatic carbocycles. The first kappa shape index (κ1) is 17.1. The van der Waals surface area contributed by atoms with Gasteiger partial charge in [0, 0.05) is 31.8 Å². The van der Waals surface area contributed by atoms with Gasteiger partial charge in [0.15, 0.2) is 17.5 Å². The van der Waals surface area contributed by atoms with Crippen LogP contribution in [0.3, 0.4) is 0 Å². The van der Waals surface area contributed by atoms with Crippen LogP contribution in [0.2, 0.25) is 0 Å². The SMILES string of the molecule is CN=C(NCCc1ccccc1C)Nc1ccc2c(c1)OCCCO2. The highest BCUT2D eigenvalue weighted by molar-refractivity contribution is 5.93. The van der Waals surface area contributed by atoms with Crippen molar-refractivity contribution >= 4 is 11.6 Å². The van der Waals surface area contributed by atoms with Gasteiger partial charge >= 0.3 is 0 Å². The lowest BCUT2D eigenvalue weighted by Crippen LogP contribution is -2.32. The van der Waals surface area contributed by atoms with Gasteiger partial charge in [-0.2, -0.15) is 0 Å². The van der Waals surface area contributed by atoms with Crippen molar-refractivity contribution in [2.75, 3.05) is 32.1 Å². The highest BCUT2D eigenvalue weighted by atomic mass is 16.5. The van der Waals surface area contributed by atoms with Crippen LogP contribution in [0, 0.1) is 6.92 Å². The number of guanidine groups is 1. The van der Waals surface area contributed by atoms with E-state index in [2.05, 4.69) is 46.8 Å². The molecule has 3 rings (SSSR count). The molecule has 0 spiro atoms. The van der Waals surface area contributed by atoms with E-state index in [-0.39, 0.29) is 0 Å². The van der Waals surface area contributed by atoms with E-state index in [0.717, 1.165) is 42.5 Å². The smallest absolute Gasteiger partial charge is 0.195 e. The second-order valence-electron chi connectivity index (χ2n) is 6.01. The molecule has 0 aromatic heterocycles. The first-order valence-corrected chi connectivity index (χ1v) is 8.68. The summed E-state index contributed by atoms with van der Waals surface area (Å²) >= 11 is 0. The average molecular weight is 339 g/mol. The van der Waals surface area contributed by atoms with Gasteiger partial charge in [-0.3, -0.25) is 4.99 Å². The Morgan fingerprint density at radius 1 is 1.08 bits per heavy atom. The third-order valence-electron chi connectivity index (χ3n) is 4.18. The topological polar surface area (TPSA) is 54.9 Å². The van der Waals surface area contributed by atoms with Crippen molar-refractivity contribution < 1.29 is 9.47 Å². The fraction of sp³-hybridized carbons (Fsp3) is 0.350. The van der Waals surface area contributed by atoms with Crippen molar-refractivity contribution in [1.29, 1.82) is 0 Å². The maximum atomic E-state index is 5.73. The maximum Gasteiger partial charge on any atom is 0.195 e. The Balaban J connectivity index is 1.57. The third-order valence-corrected chi connectivity index (χ3v) is 4.18. The second kappa shape index (κ2) is 8.42. The number of rotatable bonds is 4. The van der Waals surface area contributed by atoms with E-state index in [1.807, 2.05) is 18.2 Å². The van der Waals surface area contributed by atoms with Gasteiger partial charge in [0.05, 0.1) is 13.2 Å². The molecule has 5 heteroatoms. The molecule has 2 N–H and O–H groups in total. The highest BCUT2D eigenvalue weighted by Crippen LogP contribution is 2.32. The number of ether oxygens (including phenoxy) is 2. The summed E-state index contributed by atoms with van der Waals surface area (Å²) in [5, 5.41) is 6.66. The molecule has 0 saturated heterocycles. The standard InChI is InChI=1S/C20H25N3O2/c1-15-6-3-4-7-16(15)10-11-22-20(21-2)23-17-8-9-18-19(14-17)25-13-5-12-24-18/h3-4,6-9,14H,5,10-13H2,1-2H3,(H2,21,22,23). The van der Waals surface area contributed by atoms with Crippen molar-refractivity contribution in [1.82, 2.24) is 5.32 Å². The van der Waals surface area contributed by atoms with E-state index >= 15 is 0 Å². The van der Waals surface area contributed by atoms with Crippen molar-refractivity contribution in [3.63, 3.8) is 0 Å². The van der Waals surface area contributed by atoms with Crippen molar-refractivity contribution in [2.45, 2.75) is 19.8 Å². The van der Waals surface area contributed by atoms with E-state index in [1.54, 1.807) is 7.05 Å². The lowest BCUT2D eigenvalue weighted by atomic mass is 10.1. The Bertz CT molecular complexity index is 743. The Hall–Kier alpha value is -2.69. The molecule has 2 aromatic carbocycles. The van der Waals surface area contributed by atoms with Gasteiger partial charge in [0.25, 0.3) is 0 Å². The molecular weight excluding hydrogens is 314 g/mol. The fourth-order valence-electron chi connectivity index (χ4n) is 2.76. The normalized spacial score (nSPS) is 13.9. The molecule has 0 radical (unpaired) electrons. The molecule has 0 fully saturated rings. The summed E-state index contributed by atoms with van der Waals surface area (Å²) in [6.45, 7) is 4.33. The lowest BCUT2D eigenvalue weighted by Gasteiger charge is -2.14. The fourth-order valence-corrected chi connectivity index (χ4v) is 2.76. The van der Waals surface area contributed by atoms with E-state index in [0.29, 0.717) is 13.2 Å². The first-order chi connectivity index (χ1) is 12.3. The summed E-state index contributed by atoms with van der Waals surface area (Å²) in [5.41, 5.74) is 3.59. The van der Waals surface area contributed by atoms with Crippen LogP contribution in [0.15, 0.2) is 47.5 Å². The Morgan fingerprint density at radius 2 is 1.88 bits per heavy atom.